The largest absolute Gasteiger partial charge is 0.356 e. The van der Waals surface area contributed by atoms with Crippen LogP contribution in [0.5, 0.6) is 0 Å². The molecule has 15 heteroatoms. The fourth-order valence-electron chi connectivity index (χ4n) is 5.74. The number of carbonyl (C=O) groups is 1. The number of amides is 1. The van der Waals surface area contributed by atoms with Gasteiger partial charge in [-0.15, -0.1) is 0 Å². The van der Waals surface area contributed by atoms with Crippen LogP contribution < -0.4 is 19.7 Å². The highest BCUT2D eigenvalue weighted by Gasteiger charge is 2.37. The summed E-state index contributed by atoms with van der Waals surface area (Å²) < 4.78 is 59.2. The average Bonchev–Trinajstić information content (AvgIpc) is 3.62. The highest BCUT2D eigenvalue weighted by atomic mass is 32.2. The van der Waals surface area contributed by atoms with Gasteiger partial charge in [-0.2, -0.15) is 8.42 Å². The van der Waals surface area contributed by atoms with Gasteiger partial charge in [0.25, 0.3) is 15.6 Å². The summed E-state index contributed by atoms with van der Waals surface area (Å²) >= 11 is 0. The summed E-state index contributed by atoms with van der Waals surface area (Å²) in [6.45, 7) is 1.40. The number of anilines is 4. The van der Waals surface area contributed by atoms with Gasteiger partial charge >= 0.3 is 0 Å². The highest BCUT2D eigenvalue weighted by molar-refractivity contribution is 7.92. The first-order valence-corrected chi connectivity index (χ1v) is 14.3. The Labute approximate surface area is 236 Å². The molecule has 0 atom stereocenters. The number of rotatable bonds is 3. The van der Waals surface area contributed by atoms with Crippen LogP contribution >= 0.6 is 0 Å². The van der Waals surface area contributed by atoms with Crippen LogP contribution in [-0.4, -0.2) is 51.9 Å². The molecule has 0 saturated heterocycles. The number of halogens is 2. The first kappa shape index (κ1) is 25.9. The zero-order chi connectivity index (χ0) is 29.5. The number of pyridine rings is 2. The van der Waals surface area contributed by atoms with Crippen molar-refractivity contribution in [1.82, 2.24) is 24.5 Å². The SMILES string of the molecule is CC(=O)N1CCN(S(=O)(=O)c2ncc[nH]2)c2cc3c(cc21)N(c1ncc(F)cc1F)Cc1c[nH]c2c(=O)n(C)cc-3c12. The van der Waals surface area contributed by atoms with Crippen molar-refractivity contribution in [3.63, 3.8) is 0 Å². The number of nitrogens with one attached hydrogen (secondary N) is 2. The minimum atomic E-state index is -4.17. The number of aromatic nitrogens is 5. The quantitative estimate of drug-likeness (QED) is 0.328. The van der Waals surface area contributed by atoms with Gasteiger partial charge in [0.1, 0.15) is 11.3 Å². The number of imidazole rings is 1. The van der Waals surface area contributed by atoms with Crippen molar-refractivity contribution in [3.8, 4) is 11.1 Å². The van der Waals surface area contributed by atoms with E-state index in [1.165, 1.54) is 38.0 Å². The zero-order valence-electron chi connectivity index (χ0n) is 22.2. The zero-order valence-corrected chi connectivity index (χ0v) is 23.0. The Morgan fingerprint density at radius 1 is 1.02 bits per heavy atom. The van der Waals surface area contributed by atoms with E-state index in [4.69, 9.17) is 0 Å². The first-order chi connectivity index (χ1) is 20.1. The fraction of sp³-hybridized carbons (Fsp3) is 0.185. The third-order valence-electron chi connectivity index (χ3n) is 7.61. The third-order valence-corrected chi connectivity index (χ3v) is 9.28. The number of aryl methyl sites for hydroxylation is 1. The standard InChI is InChI=1S/C27H22F2N8O4S/c1-14(38)35-5-6-37(42(40,41)27-30-3-4-31-27)22-8-17-18-13-34(2)26(39)24-23(18)15(10-32-24)12-36(20(17)9-21(22)35)25-19(29)7-16(28)11-33-25/h3-4,7-11,13,32H,5-6,12H2,1-2H3,(H,30,31). The summed E-state index contributed by atoms with van der Waals surface area (Å²) in [5, 5.41) is 0.306. The predicted octanol–water partition coefficient (Wildman–Crippen LogP) is 3.14. The molecule has 2 aliphatic rings. The number of hydrogen-bond donors (Lipinski definition) is 2. The molecule has 4 aromatic heterocycles. The second-order valence-corrected chi connectivity index (χ2v) is 11.8. The van der Waals surface area contributed by atoms with E-state index in [0.29, 0.717) is 33.3 Å². The Balaban J connectivity index is 1.58. The van der Waals surface area contributed by atoms with Crippen molar-refractivity contribution in [1.29, 1.82) is 0 Å². The maximum Gasteiger partial charge on any atom is 0.298 e. The lowest BCUT2D eigenvalue weighted by Crippen LogP contribution is -2.46. The lowest BCUT2D eigenvalue weighted by Gasteiger charge is -2.37. The molecule has 2 aliphatic heterocycles. The summed E-state index contributed by atoms with van der Waals surface area (Å²) in [5.74, 6) is -2.28. The lowest BCUT2D eigenvalue weighted by atomic mass is 9.98. The molecule has 0 radical (unpaired) electrons. The molecule has 5 aromatic rings. The van der Waals surface area contributed by atoms with Crippen molar-refractivity contribution >= 4 is 49.7 Å². The summed E-state index contributed by atoms with van der Waals surface area (Å²) in [4.78, 5) is 42.4. The van der Waals surface area contributed by atoms with Crippen molar-refractivity contribution in [2.24, 2.45) is 7.05 Å². The Morgan fingerprint density at radius 2 is 1.83 bits per heavy atom. The van der Waals surface area contributed by atoms with Crippen LogP contribution in [0.2, 0.25) is 0 Å². The fourth-order valence-corrected chi connectivity index (χ4v) is 7.09. The van der Waals surface area contributed by atoms with E-state index in [9.17, 15) is 22.4 Å². The molecule has 0 fully saturated rings. The van der Waals surface area contributed by atoms with Gasteiger partial charge < -0.3 is 24.3 Å². The Morgan fingerprint density at radius 3 is 2.55 bits per heavy atom. The van der Waals surface area contributed by atoms with E-state index in [2.05, 4.69) is 19.9 Å². The van der Waals surface area contributed by atoms with Crippen LogP contribution in [0, 0.1) is 11.6 Å². The second-order valence-electron chi connectivity index (χ2n) is 10.1. The van der Waals surface area contributed by atoms with Crippen LogP contribution in [0.25, 0.3) is 22.0 Å². The van der Waals surface area contributed by atoms with Gasteiger partial charge in [0.2, 0.25) is 11.1 Å². The van der Waals surface area contributed by atoms with Gasteiger partial charge in [-0.05, 0) is 17.7 Å². The van der Waals surface area contributed by atoms with Crippen molar-refractivity contribution < 1.29 is 22.0 Å². The molecule has 0 spiro atoms. The Bertz CT molecular complexity index is 2110. The molecule has 0 unspecified atom stereocenters. The van der Waals surface area contributed by atoms with Crippen molar-refractivity contribution in [2.75, 3.05) is 27.2 Å². The van der Waals surface area contributed by atoms with E-state index >= 15 is 4.39 Å². The van der Waals surface area contributed by atoms with Gasteiger partial charge in [0.15, 0.2) is 11.6 Å². The molecule has 0 saturated carbocycles. The molecule has 12 nitrogen and oxygen atoms in total. The number of fused-ring (bicyclic) bond motifs is 3. The lowest BCUT2D eigenvalue weighted by molar-refractivity contribution is -0.116. The first-order valence-electron chi connectivity index (χ1n) is 12.8. The molecule has 2 N–H and O–H groups in total. The van der Waals surface area contributed by atoms with E-state index in [1.54, 1.807) is 31.6 Å². The smallest absolute Gasteiger partial charge is 0.298 e. The van der Waals surface area contributed by atoms with Crippen molar-refractivity contribution in [2.45, 2.75) is 18.6 Å². The number of sulfonamides is 1. The minimum Gasteiger partial charge on any atom is -0.356 e. The summed E-state index contributed by atoms with van der Waals surface area (Å²) in [6.07, 6.45) is 6.89. The summed E-state index contributed by atoms with van der Waals surface area (Å²) in [6, 6.07) is 3.93. The van der Waals surface area contributed by atoms with E-state index in [0.717, 1.165) is 12.3 Å². The maximum atomic E-state index is 15.3. The highest BCUT2D eigenvalue weighted by Crippen LogP contribution is 2.49. The molecular formula is C27H22F2N8O4S. The predicted molar refractivity (Wildman–Crippen MR) is 150 cm³/mol. The molecule has 7 rings (SSSR count). The number of hydrogen-bond acceptors (Lipinski definition) is 7. The van der Waals surface area contributed by atoms with Gasteiger partial charge in [0.05, 0.1) is 36.3 Å². The average molecular weight is 593 g/mol. The van der Waals surface area contributed by atoms with Crippen LogP contribution in [0.1, 0.15) is 12.5 Å². The number of nitrogens with zero attached hydrogens (tertiary/aromatic N) is 6. The molecular weight excluding hydrogens is 570 g/mol. The molecule has 0 bridgehead atoms. The summed E-state index contributed by atoms with van der Waals surface area (Å²) in [5.41, 5.74) is 2.53. The van der Waals surface area contributed by atoms with Gasteiger partial charge in [-0.1, -0.05) is 0 Å². The minimum absolute atomic E-state index is 0.0377. The molecule has 214 valence electrons. The molecule has 0 aliphatic carbocycles. The topological polar surface area (TPSA) is 140 Å². The monoisotopic (exact) mass is 592 g/mol. The number of H-pyrrole nitrogens is 2. The van der Waals surface area contributed by atoms with Crippen LogP contribution in [0.3, 0.4) is 0 Å². The number of benzene rings is 1. The van der Waals surface area contributed by atoms with E-state index < -0.39 is 21.7 Å². The summed E-state index contributed by atoms with van der Waals surface area (Å²) in [7, 11) is -2.58. The third kappa shape index (κ3) is 3.66. The number of carbonyl (C=O) groups excluding carboxylic acids is 1. The Kier molecular flexibility index (Phi) is 5.53. The van der Waals surface area contributed by atoms with Gasteiger partial charge in [-0.3, -0.25) is 13.9 Å². The van der Waals surface area contributed by atoms with E-state index in [-0.39, 0.29) is 53.4 Å². The van der Waals surface area contributed by atoms with Crippen LogP contribution in [-0.2, 0) is 28.4 Å². The van der Waals surface area contributed by atoms with Crippen LogP contribution in [0.4, 0.5) is 31.7 Å². The molecule has 6 heterocycles. The normalized spacial score (nSPS) is 14.6. The second kappa shape index (κ2) is 8.97. The number of aromatic amines is 2. The maximum absolute atomic E-state index is 15.3. The van der Waals surface area contributed by atoms with Gasteiger partial charge in [0, 0.05) is 67.9 Å². The molecule has 42 heavy (non-hydrogen) atoms. The van der Waals surface area contributed by atoms with Gasteiger partial charge in [-0.25, -0.2) is 18.7 Å². The Hall–Kier alpha value is -5.05. The van der Waals surface area contributed by atoms with E-state index in [1.807, 2.05) is 0 Å². The molecule has 1 aromatic carbocycles. The molecule has 1 amide bonds. The van der Waals surface area contributed by atoms with Crippen LogP contribution in [0.15, 0.2) is 59.1 Å². The van der Waals surface area contributed by atoms with Crippen molar-refractivity contribution in [3.05, 3.63) is 76.7 Å².